The summed E-state index contributed by atoms with van der Waals surface area (Å²) >= 11 is 6.42. The van der Waals surface area contributed by atoms with Gasteiger partial charge in [-0.1, -0.05) is 48.0 Å². The molecule has 5 rings (SSSR count). The maximum absolute atomic E-state index is 13.7. The molecule has 2 N–H and O–H groups in total. The van der Waals surface area contributed by atoms with Gasteiger partial charge in [-0.3, -0.25) is 9.89 Å². The van der Waals surface area contributed by atoms with Crippen molar-refractivity contribution in [2.24, 2.45) is 0 Å². The van der Waals surface area contributed by atoms with E-state index in [0.29, 0.717) is 58.8 Å². The summed E-state index contributed by atoms with van der Waals surface area (Å²) in [4.78, 5) is 15.5. The Hall–Kier alpha value is -3.97. The van der Waals surface area contributed by atoms with Crippen molar-refractivity contribution < 1.29 is 19.4 Å². The van der Waals surface area contributed by atoms with Crippen LogP contribution in [0, 0.1) is 6.92 Å². The molecule has 0 saturated heterocycles. The van der Waals surface area contributed by atoms with E-state index in [9.17, 15) is 9.90 Å². The van der Waals surface area contributed by atoms with Crippen molar-refractivity contribution in [3.8, 4) is 28.5 Å². The lowest BCUT2D eigenvalue weighted by molar-refractivity contribution is 0.0729. The van der Waals surface area contributed by atoms with Crippen molar-refractivity contribution in [3.05, 3.63) is 93.6 Å². The molecule has 3 aromatic carbocycles. The number of rotatable bonds is 8. The van der Waals surface area contributed by atoms with Crippen LogP contribution in [0.2, 0.25) is 5.02 Å². The second-order valence-corrected chi connectivity index (χ2v) is 9.28. The van der Waals surface area contributed by atoms with Gasteiger partial charge in [0, 0.05) is 22.7 Å². The zero-order valence-electron chi connectivity index (χ0n) is 20.9. The molecular weight excluding hydrogens is 490 g/mol. The highest BCUT2D eigenvalue weighted by molar-refractivity contribution is 6.31. The standard InChI is InChI=1S/C29H28ClN3O4/c1-4-36-23-12-11-19(14-24(23)37-5-2)28-25-26(20-15-21(30)17(3)13-22(20)34)31-32-27(25)29(35)33(28)16-18-9-7-6-8-10-18/h6-15,28,34H,4-5,16H2,1-3H3,(H,31,32). The first kappa shape index (κ1) is 24.7. The van der Waals surface area contributed by atoms with E-state index in [1.165, 1.54) is 0 Å². The minimum absolute atomic E-state index is 0.0469. The molecule has 1 amide bonds. The number of aryl methyl sites for hydroxylation is 1. The smallest absolute Gasteiger partial charge is 0.273 e. The number of carbonyl (C=O) groups is 1. The lowest BCUT2D eigenvalue weighted by Gasteiger charge is -2.27. The molecule has 1 aromatic heterocycles. The number of aromatic amines is 1. The van der Waals surface area contributed by atoms with Crippen LogP contribution in [0.1, 0.15) is 52.6 Å². The molecule has 1 atom stereocenters. The van der Waals surface area contributed by atoms with Crippen molar-refractivity contribution in [2.45, 2.75) is 33.4 Å². The molecule has 0 radical (unpaired) electrons. The Kier molecular flexibility index (Phi) is 6.80. The van der Waals surface area contributed by atoms with Crippen LogP contribution in [-0.2, 0) is 6.54 Å². The molecule has 7 nitrogen and oxygen atoms in total. The monoisotopic (exact) mass is 517 g/mol. The molecule has 8 heteroatoms. The highest BCUT2D eigenvalue weighted by atomic mass is 35.5. The normalized spacial score (nSPS) is 14.6. The van der Waals surface area contributed by atoms with Gasteiger partial charge in [0.25, 0.3) is 5.91 Å². The molecule has 190 valence electrons. The third kappa shape index (κ3) is 4.51. The van der Waals surface area contributed by atoms with Crippen molar-refractivity contribution in [3.63, 3.8) is 0 Å². The van der Waals surface area contributed by atoms with Crippen LogP contribution < -0.4 is 9.47 Å². The largest absolute Gasteiger partial charge is 0.507 e. The number of ether oxygens (including phenoxy) is 2. The lowest BCUT2D eigenvalue weighted by Crippen LogP contribution is -2.29. The number of aromatic nitrogens is 2. The summed E-state index contributed by atoms with van der Waals surface area (Å²) in [5.74, 6) is 1.12. The summed E-state index contributed by atoms with van der Waals surface area (Å²) < 4.78 is 11.7. The number of halogens is 1. The second kappa shape index (κ2) is 10.2. The summed E-state index contributed by atoms with van der Waals surface area (Å²) in [7, 11) is 0. The van der Waals surface area contributed by atoms with E-state index in [4.69, 9.17) is 21.1 Å². The van der Waals surface area contributed by atoms with Crippen LogP contribution in [-0.4, -0.2) is 39.3 Å². The fourth-order valence-electron chi connectivity index (χ4n) is 4.79. The Morgan fingerprint density at radius 3 is 2.49 bits per heavy atom. The van der Waals surface area contributed by atoms with Crippen LogP contribution >= 0.6 is 11.6 Å². The van der Waals surface area contributed by atoms with Crippen LogP contribution in [0.15, 0.2) is 60.7 Å². The third-order valence-corrected chi connectivity index (χ3v) is 6.88. The molecule has 4 aromatic rings. The number of phenolic OH excluding ortho intramolecular Hbond substituents is 1. The van der Waals surface area contributed by atoms with Gasteiger partial charge in [-0.15, -0.1) is 0 Å². The highest BCUT2D eigenvalue weighted by Crippen LogP contribution is 2.47. The number of hydrogen-bond acceptors (Lipinski definition) is 5. The average Bonchev–Trinajstić information content (AvgIpc) is 3.42. The molecule has 0 aliphatic carbocycles. The van der Waals surface area contributed by atoms with Gasteiger partial charge in [0.1, 0.15) is 17.1 Å². The SMILES string of the molecule is CCOc1ccc(C2c3c(-c4cc(Cl)c(C)cc4O)n[nH]c3C(=O)N2Cc2ccccc2)cc1OCC. The quantitative estimate of drug-likeness (QED) is 0.287. The number of aromatic hydroxyl groups is 1. The Balaban J connectivity index is 1.69. The van der Waals surface area contributed by atoms with Gasteiger partial charge in [-0.2, -0.15) is 5.10 Å². The topological polar surface area (TPSA) is 87.7 Å². The zero-order chi connectivity index (χ0) is 26.1. The number of carbonyl (C=O) groups excluding carboxylic acids is 1. The van der Waals surface area contributed by atoms with E-state index >= 15 is 0 Å². The third-order valence-electron chi connectivity index (χ3n) is 6.47. The molecule has 0 bridgehead atoms. The predicted molar refractivity (Wildman–Crippen MR) is 142 cm³/mol. The molecule has 0 fully saturated rings. The minimum Gasteiger partial charge on any atom is -0.507 e. The van der Waals surface area contributed by atoms with E-state index in [0.717, 1.165) is 16.7 Å². The van der Waals surface area contributed by atoms with E-state index in [2.05, 4.69) is 10.2 Å². The molecule has 0 saturated carbocycles. The van der Waals surface area contributed by atoms with Crippen LogP contribution in [0.5, 0.6) is 17.2 Å². The van der Waals surface area contributed by atoms with E-state index in [-0.39, 0.29) is 11.7 Å². The fraction of sp³-hybridized carbons (Fsp3) is 0.241. The molecule has 2 heterocycles. The van der Waals surface area contributed by atoms with Crippen molar-refractivity contribution in [2.75, 3.05) is 13.2 Å². The van der Waals surface area contributed by atoms with Gasteiger partial charge in [0.15, 0.2) is 11.5 Å². The summed E-state index contributed by atoms with van der Waals surface area (Å²) in [5.41, 5.74) is 4.61. The number of amides is 1. The number of phenols is 1. The number of hydrogen-bond donors (Lipinski definition) is 2. The number of fused-ring (bicyclic) bond motifs is 1. The number of H-pyrrole nitrogens is 1. The van der Waals surface area contributed by atoms with Gasteiger partial charge in [0.2, 0.25) is 0 Å². The fourth-order valence-corrected chi connectivity index (χ4v) is 4.95. The molecule has 0 spiro atoms. The van der Waals surface area contributed by atoms with Crippen molar-refractivity contribution >= 4 is 17.5 Å². The second-order valence-electron chi connectivity index (χ2n) is 8.87. The van der Waals surface area contributed by atoms with Gasteiger partial charge < -0.3 is 19.5 Å². The first-order valence-electron chi connectivity index (χ1n) is 12.2. The summed E-state index contributed by atoms with van der Waals surface area (Å²) in [5, 5.41) is 18.7. The maximum atomic E-state index is 13.7. The Bertz CT molecular complexity index is 1450. The molecule has 1 aliphatic rings. The van der Waals surface area contributed by atoms with Crippen LogP contribution in [0.25, 0.3) is 11.3 Å². The predicted octanol–water partition coefficient (Wildman–Crippen LogP) is 6.29. The number of nitrogens with one attached hydrogen (secondary N) is 1. The first-order chi connectivity index (χ1) is 17.9. The number of nitrogens with zero attached hydrogens (tertiary/aromatic N) is 2. The van der Waals surface area contributed by atoms with Crippen molar-refractivity contribution in [1.29, 1.82) is 0 Å². The summed E-state index contributed by atoms with van der Waals surface area (Å²) in [6.45, 7) is 7.03. The van der Waals surface area contributed by atoms with E-state index < -0.39 is 6.04 Å². The molecule has 1 unspecified atom stereocenters. The molecule has 37 heavy (non-hydrogen) atoms. The first-order valence-corrected chi connectivity index (χ1v) is 12.6. The van der Waals surface area contributed by atoms with Gasteiger partial charge in [-0.05, 0) is 61.7 Å². The number of benzene rings is 3. The zero-order valence-corrected chi connectivity index (χ0v) is 21.7. The Labute approximate surface area is 220 Å². The van der Waals surface area contributed by atoms with Gasteiger partial charge in [0.05, 0.1) is 19.3 Å². The van der Waals surface area contributed by atoms with Crippen molar-refractivity contribution in [1.82, 2.24) is 15.1 Å². The Morgan fingerprint density at radius 1 is 1.03 bits per heavy atom. The minimum atomic E-state index is -0.481. The molecule has 1 aliphatic heterocycles. The van der Waals surface area contributed by atoms with Gasteiger partial charge >= 0.3 is 0 Å². The van der Waals surface area contributed by atoms with E-state index in [1.807, 2.05) is 69.3 Å². The average molecular weight is 518 g/mol. The summed E-state index contributed by atoms with van der Waals surface area (Å²) in [6.07, 6.45) is 0. The van der Waals surface area contributed by atoms with Crippen LogP contribution in [0.3, 0.4) is 0 Å². The Morgan fingerprint density at radius 2 is 1.76 bits per heavy atom. The summed E-state index contributed by atoms with van der Waals surface area (Å²) in [6, 6.07) is 18.4. The van der Waals surface area contributed by atoms with Crippen LogP contribution in [0.4, 0.5) is 0 Å². The van der Waals surface area contributed by atoms with Gasteiger partial charge in [-0.25, -0.2) is 0 Å². The maximum Gasteiger partial charge on any atom is 0.273 e. The highest BCUT2D eigenvalue weighted by Gasteiger charge is 2.43. The molecular formula is C29H28ClN3O4. The lowest BCUT2D eigenvalue weighted by atomic mass is 9.94. The van der Waals surface area contributed by atoms with E-state index in [1.54, 1.807) is 17.0 Å².